The highest BCUT2D eigenvalue weighted by molar-refractivity contribution is 5.40. The Kier molecular flexibility index (Phi) is 5.21. The van der Waals surface area contributed by atoms with E-state index < -0.39 is 0 Å². The Hall–Kier alpha value is -1.02. The Morgan fingerprint density at radius 1 is 1.33 bits per heavy atom. The molecular formula is C16H27NO. The molecule has 1 N–H and O–H groups in total. The third-order valence-electron chi connectivity index (χ3n) is 4.14. The molecule has 102 valence electrons. The number of hydrogen-bond donors (Lipinski definition) is 1. The minimum atomic E-state index is 0.158. The summed E-state index contributed by atoms with van der Waals surface area (Å²) in [5, 5.41) is 3.32. The molecule has 0 saturated carbocycles. The third kappa shape index (κ3) is 2.86. The topological polar surface area (TPSA) is 21.3 Å². The molecular weight excluding hydrogens is 222 g/mol. The molecule has 0 bridgehead atoms. The zero-order valence-electron chi connectivity index (χ0n) is 12.6. The first-order chi connectivity index (χ1) is 8.49. The lowest BCUT2D eigenvalue weighted by atomic mass is 9.73. The van der Waals surface area contributed by atoms with Gasteiger partial charge in [0.1, 0.15) is 5.75 Å². The van der Waals surface area contributed by atoms with E-state index in [9.17, 15) is 0 Å². The number of rotatable bonds is 6. The van der Waals surface area contributed by atoms with Crippen molar-refractivity contribution in [2.24, 2.45) is 5.92 Å². The van der Waals surface area contributed by atoms with E-state index in [1.807, 2.05) is 7.05 Å². The van der Waals surface area contributed by atoms with E-state index in [2.05, 4.69) is 51.2 Å². The van der Waals surface area contributed by atoms with Crippen molar-refractivity contribution in [1.82, 2.24) is 5.32 Å². The minimum absolute atomic E-state index is 0.158. The fraction of sp³-hybridized carbons (Fsp3) is 0.625. The molecule has 0 spiro atoms. The Morgan fingerprint density at radius 3 is 2.44 bits per heavy atom. The second-order valence-corrected chi connectivity index (χ2v) is 5.48. The average Bonchev–Trinajstić information content (AvgIpc) is 2.37. The summed E-state index contributed by atoms with van der Waals surface area (Å²) in [7, 11) is 3.76. The van der Waals surface area contributed by atoms with E-state index in [0.29, 0.717) is 5.92 Å². The van der Waals surface area contributed by atoms with Gasteiger partial charge in [-0.25, -0.2) is 0 Å². The van der Waals surface area contributed by atoms with E-state index in [4.69, 9.17) is 4.74 Å². The lowest BCUT2D eigenvalue weighted by Gasteiger charge is -2.35. The molecule has 0 aliphatic rings. The Balaban J connectivity index is 3.21. The maximum atomic E-state index is 5.41. The summed E-state index contributed by atoms with van der Waals surface area (Å²) < 4.78 is 5.41. The molecule has 0 fully saturated rings. The summed E-state index contributed by atoms with van der Waals surface area (Å²) >= 11 is 0. The van der Waals surface area contributed by atoms with Gasteiger partial charge in [0.15, 0.2) is 0 Å². The molecule has 0 radical (unpaired) electrons. The molecule has 0 heterocycles. The highest BCUT2D eigenvalue weighted by atomic mass is 16.5. The summed E-state index contributed by atoms with van der Waals surface area (Å²) in [5.41, 5.74) is 2.84. The highest BCUT2D eigenvalue weighted by Gasteiger charge is 2.30. The monoisotopic (exact) mass is 249 g/mol. The Morgan fingerprint density at radius 2 is 2.00 bits per heavy atom. The fourth-order valence-corrected chi connectivity index (χ4v) is 2.42. The third-order valence-corrected chi connectivity index (χ3v) is 4.14. The van der Waals surface area contributed by atoms with Gasteiger partial charge in [-0.2, -0.15) is 0 Å². The van der Waals surface area contributed by atoms with Crippen molar-refractivity contribution in [3.8, 4) is 5.75 Å². The van der Waals surface area contributed by atoms with Crippen LogP contribution in [-0.2, 0) is 11.8 Å². The van der Waals surface area contributed by atoms with Crippen molar-refractivity contribution >= 4 is 0 Å². The molecule has 1 rings (SSSR count). The molecule has 18 heavy (non-hydrogen) atoms. The van der Waals surface area contributed by atoms with Gasteiger partial charge < -0.3 is 10.1 Å². The Bertz CT molecular complexity index is 387. The van der Waals surface area contributed by atoms with Crippen molar-refractivity contribution in [3.05, 3.63) is 29.3 Å². The predicted molar refractivity (Wildman–Crippen MR) is 78.5 cm³/mol. The van der Waals surface area contributed by atoms with Crippen LogP contribution in [0, 0.1) is 5.92 Å². The molecule has 2 heteroatoms. The lowest BCUT2D eigenvalue weighted by molar-refractivity contribution is 0.327. The molecule has 2 nitrogen and oxygen atoms in total. The van der Waals surface area contributed by atoms with Gasteiger partial charge in [-0.3, -0.25) is 0 Å². The highest BCUT2D eigenvalue weighted by Crippen LogP contribution is 2.34. The maximum Gasteiger partial charge on any atom is 0.122 e. The second kappa shape index (κ2) is 6.24. The predicted octanol–water partition coefficient (Wildman–Crippen LogP) is 3.39. The van der Waals surface area contributed by atoms with Gasteiger partial charge >= 0.3 is 0 Å². The maximum absolute atomic E-state index is 5.41. The minimum Gasteiger partial charge on any atom is -0.496 e. The van der Waals surface area contributed by atoms with E-state index >= 15 is 0 Å². The summed E-state index contributed by atoms with van der Waals surface area (Å²) in [5.74, 6) is 1.58. The van der Waals surface area contributed by atoms with Gasteiger partial charge in [-0.1, -0.05) is 39.8 Å². The SMILES string of the molecule is CCc1cc(C(C)(CNC)C(C)C)ccc1OC. The molecule has 1 unspecified atom stereocenters. The first-order valence-electron chi connectivity index (χ1n) is 6.81. The first kappa shape index (κ1) is 15.0. The van der Waals surface area contributed by atoms with Crippen LogP contribution in [0.2, 0.25) is 0 Å². The van der Waals surface area contributed by atoms with Crippen LogP contribution in [0.1, 0.15) is 38.8 Å². The van der Waals surface area contributed by atoms with Gasteiger partial charge in [0.2, 0.25) is 0 Å². The van der Waals surface area contributed by atoms with Gasteiger partial charge in [0, 0.05) is 12.0 Å². The average molecular weight is 249 g/mol. The number of nitrogens with one attached hydrogen (secondary N) is 1. The van der Waals surface area contributed by atoms with Gasteiger partial charge in [0.05, 0.1) is 7.11 Å². The molecule has 0 aliphatic heterocycles. The summed E-state index contributed by atoms with van der Waals surface area (Å²) in [6, 6.07) is 6.61. The number of benzene rings is 1. The van der Waals surface area contributed by atoms with Crippen molar-refractivity contribution in [3.63, 3.8) is 0 Å². The molecule has 0 aromatic heterocycles. The summed E-state index contributed by atoms with van der Waals surface area (Å²) in [6.45, 7) is 10.1. The molecule has 1 atom stereocenters. The van der Waals surface area contributed by atoms with Crippen LogP contribution in [0.15, 0.2) is 18.2 Å². The van der Waals surface area contributed by atoms with Crippen molar-refractivity contribution in [2.45, 2.75) is 39.5 Å². The molecule has 1 aromatic rings. The van der Waals surface area contributed by atoms with E-state index in [-0.39, 0.29) is 5.41 Å². The quantitative estimate of drug-likeness (QED) is 0.834. The smallest absolute Gasteiger partial charge is 0.122 e. The number of likely N-dealkylation sites (N-methyl/N-ethyl adjacent to an activating group) is 1. The van der Waals surface area contributed by atoms with Crippen molar-refractivity contribution < 1.29 is 4.74 Å². The van der Waals surface area contributed by atoms with Crippen LogP contribution < -0.4 is 10.1 Å². The number of aryl methyl sites for hydroxylation is 1. The number of ether oxygens (including phenoxy) is 1. The standard InChI is InChI=1S/C16H27NO/c1-7-13-10-14(8-9-15(13)18-6)16(4,11-17-5)12(2)3/h8-10,12,17H,7,11H2,1-6H3. The molecule has 0 saturated heterocycles. The van der Waals surface area contributed by atoms with Gasteiger partial charge in [-0.15, -0.1) is 0 Å². The van der Waals surface area contributed by atoms with Gasteiger partial charge in [0.25, 0.3) is 0 Å². The van der Waals surface area contributed by atoms with Crippen LogP contribution in [0.25, 0.3) is 0 Å². The van der Waals surface area contributed by atoms with E-state index in [1.165, 1.54) is 11.1 Å². The van der Waals surface area contributed by atoms with Crippen LogP contribution in [0.4, 0.5) is 0 Å². The summed E-state index contributed by atoms with van der Waals surface area (Å²) in [4.78, 5) is 0. The van der Waals surface area contributed by atoms with E-state index in [1.54, 1.807) is 7.11 Å². The van der Waals surface area contributed by atoms with Crippen LogP contribution in [-0.4, -0.2) is 20.7 Å². The van der Waals surface area contributed by atoms with Crippen molar-refractivity contribution in [2.75, 3.05) is 20.7 Å². The van der Waals surface area contributed by atoms with Crippen LogP contribution >= 0.6 is 0 Å². The fourth-order valence-electron chi connectivity index (χ4n) is 2.42. The largest absolute Gasteiger partial charge is 0.496 e. The van der Waals surface area contributed by atoms with Crippen LogP contribution in [0.5, 0.6) is 5.75 Å². The second-order valence-electron chi connectivity index (χ2n) is 5.48. The molecule has 0 aliphatic carbocycles. The zero-order valence-corrected chi connectivity index (χ0v) is 12.6. The van der Waals surface area contributed by atoms with Gasteiger partial charge in [-0.05, 0) is 36.6 Å². The molecule has 0 amide bonds. The van der Waals surface area contributed by atoms with Crippen molar-refractivity contribution in [1.29, 1.82) is 0 Å². The normalized spacial score (nSPS) is 14.6. The lowest BCUT2D eigenvalue weighted by Crippen LogP contribution is -2.38. The number of hydrogen-bond acceptors (Lipinski definition) is 2. The summed E-state index contributed by atoms with van der Waals surface area (Å²) in [6.07, 6.45) is 1.00. The number of methoxy groups -OCH3 is 1. The van der Waals surface area contributed by atoms with E-state index in [0.717, 1.165) is 18.7 Å². The van der Waals surface area contributed by atoms with Crippen LogP contribution in [0.3, 0.4) is 0 Å². The zero-order chi connectivity index (χ0) is 13.8. The molecule has 1 aromatic carbocycles. The first-order valence-corrected chi connectivity index (χ1v) is 6.81. The Labute approximate surface area is 112 Å².